The number of benzene rings is 1. The molecule has 0 saturated carbocycles. The van der Waals surface area contributed by atoms with Crippen molar-refractivity contribution in [2.45, 2.75) is 46.4 Å². The average molecular weight is 435 g/mol. The normalized spacial score (nSPS) is 15.2. The molecule has 1 unspecified atom stereocenters. The first-order chi connectivity index (χ1) is 15.7. The smallest absolute Gasteiger partial charge is 0.191 e. The minimum atomic E-state index is 0.204. The number of rotatable bonds is 8. The standard InChI is InChI=1S/C24H30N6O2/c1-4-26-24(28-14-18-6-7-23(27-13-18)30-9-8-25-16-30)29-15-20-12-22-19(10-17(3)32-22)11-21(20)31-5-2/h6-9,11-13,16-17H,4-5,10,14-15H2,1-3H3,(H2,26,28,29). The summed E-state index contributed by atoms with van der Waals surface area (Å²) in [4.78, 5) is 13.3. The van der Waals surface area contributed by atoms with Gasteiger partial charge in [-0.15, -0.1) is 0 Å². The molecule has 0 spiro atoms. The lowest BCUT2D eigenvalue weighted by Gasteiger charge is -2.15. The molecule has 8 nitrogen and oxygen atoms in total. The van der Waals surface area contributed by atoms with Gasteiger partial charge in [-0.25, -0.2) is 15.0 Å². The van der Waals surface area contributed by atoms with E-state index >= 15 is 0 Å². The van der Waals surface area contributed by atoms with Crippen LogP contribution in [0.3, 0.4) is 0 Å². The molecule has 32 heavy (non-hydrogen) atoms. The maximum absolute atomic E-state index is 5.93. The summed E-state index contributed by atoms with van der Waals surface area (Å²) >= 11 is 0. The SMILES string of the molecule is CCNC(=NCc1ccc(-n2ccnc2)nc1)NCc1cc2c(cc1OCC)CC(C)O2. The quantitative estimate of drug-likeness (QED) is 0.418. The molecule has 0 saturated heterocycles. The second-order valence-electron chi connectivity index (χ2n) is 7.68. The molecule has 168 valence electrons. The van der Waals surface area contributed by atoms with Crippen LogP contribution in [0.5, 0.6) is 11.5 Å². The molecule has 3 heterocycles. The van der Waals surface area contributed by atoms with E-state index < -0.39 is 0 Å². The van der Waals surface area contributed by atoms with Crippen LogP contribution in [0.15, 0.2) is 54.2 Å². The van der Waals surface area contributed by atoms with Gasteiger partial charge in [-0.05, 0) is 44.5 Å². The maximum Gasteiger partial charge on any atom is 0.191 e. The van der Waals surface area contributed by atoms with Crippen LogP contribution in [0.4, 0.5) is 0 Å². The summed E-state index contributed by atoms with van der Waals surface area (Å²) in [5, 5.41) is 6.71. The molecule has 3 aromatic rings. The first kappa shape index (κ1) is 21.7. The van der Waals surface area contributed by atoms with Crippen LogP contribution in [0, 0.1) is 0 Å². The first-order valence-electron chi connectivity index (χ1n) is 11.1. The minimum Gasteiger partial charge on any atom is -0.494 e. The molecular formula is C24H30N6O2. The number of aliphatic imine (C=N–C) groups is 1. The Morgan fingerprint density at radius 3 is 2.91 bits per heavy atom. The third-order valence-corrected chi connectivity index (χ3v) is 5.17. The number of nitrogens with zero attached hydrogens (tertiary/aromatic N) is 4. The van der Waals surface area contributed by atoms with Crippen molar-refractivity contribution < 1.29 is 9.47 Å². The van der Waals surface area contributed by atoms with Gasteiger partial charge in [-0.3, -0.25) is 4.57 Å². The molecule has 0 bridgehead atoms. The lowest BCUT2D eigenvalue weighted by atomic mass is 10.1. The molecule has 1 aromatic carbocycles. The van der Waals surface area contributed by atoms with E-state index in [-0.39, 0.29) is 6.10 Å². The zero-order chi connectivity index (χ0) is 22.3. The Kier molecular flexibility index (Phi) is 6.89. The van der Waals surface area contributed by atoms with E-state index in [2.05, 4.69) is 46.6 Å². The Morgan fingerprint density at radius 2 is 2.19 bits per heavy atom. The van der Waals surface area contributed by atoms with E-state index in [1.54, 1.807) is 12.5 Å². The van der Waals surface area contributed by atoms with Gasteiger partial charge in [0.2, 0.25) is 0 Å². The molecule has 1 aliphatic heterocycles. The summed E-state index contributed by atoms with van der Waals surface area (Å²) < 4.78 is 13.7. The number of aromatic nitrogens is 3. The van der Waals surface area contributed by atoms with Gasteiger partial charge in [-0.2, -0.15) is 0 Å². The summed E-state index contributed by atoms with van der Waals surface area (Å²) in [6.07, 6.45) is 8.30. The topological polar surface area (TPSA) is 85.6 Å². The molecule has 1 atom stereocenters. The summed E-state index contributed by atoms with van der Waals surface area (Å²) in [5.41, 5.74) is 3.29. The summed E-state index contributed by atoms with van der Waals surface area (Å²) in [6.45, 7) is 8.64. The fourth-order valence-corrected chi connectivity index (χ4v) is 3.66. The Morgan fingerprint density at radius 1 is 1.28 bits per heavy atom. The third kappa shape index (κ3) is 5.19. The molecule has 8 heteroatoms. The van der Waals surface area contributed by atoms with Gasteiger partial charge in [0, 0.05) is 49.2 Å². The van der Waals surface area contributed by atoms with Crippen molar-refractivity contribution in [2.24, 2.45) is 4.99 Å². The van der Waals surface area contributed by atoms with Gasteiger partial charge in [0.05, 0.1) is 13.2 Å². The second kappa shape index (κ2) is 10.2. The molecule has 0 aliphatic carbocycles. The highest BCUT2D eigenvalue weighted by Gasteiger charge is 2.21. The monoisotopic (exact) mass is 434 g/mol. The van der Waals surface area contributed by atoms with Crippen LogP contribution in [-0.4, -0.2) is 39.8 Å². The number of fused-ring (bicyclic) bond motifs is 1. The van der Waals surface area contributed by atoms with E-state index in [0.29, 0.717) is 19.7 Å². The molecule has 0 radical (unpaired) electrons. The molecule has 2 N–H and O–H groups in total. The predicted molar refractivity (Wildman–Crippen MR) is 124 cm³/mol. The average Bonchev–Trinajstić information content (AvgIpc) is 3.45. The van der Waals surface area contributed by atoms with Gasteiger partial charge >= 0.3 is 0 Å². The van der Waals surface area contributed by atoms with Crippen molar-refractivity contribution in [3.63, 3.8) is 0 Å². The number of pyridine rings is 1. The van der Waals surface area contributed by atoms with Crippen molar-refractivity contribution in [1.82, 2.24) is 25.2 Å². The van der Waals surface area contributed by atoms with Crippen molar-refractivity contribution in [2.75, 3.05) is 13.2 Å². The van der Waals surface area contributed by atoms with Crippen LogP contribution >= 0.6 is 0 Å². The molecule has 2 aromatic heterocycles. The van der Waals surface area contributed by atoms with E-state index in [1.807, 2.05) is 36.0 Å². The summed E-state index contributed by atoms with van der Waals surface area (Å²) in [6, 6.07) is 8.18. The Bertz CT molecular complexity index is 1050. The Balaban J connectivity index is 1.43. The number of guanidine groups is 1. The van der Waals surface area contributed by atoms with Crippen LogP contribution < -0.4 is 20.1 Å². The molecule has 0 amide bonds. The van der Waals surface area contributed by atoms with E-state index in [1.165, 1.54) is 5.56 Å². The van der Waals surface area contributed by atoms with Gasteiger partial charge in [0.15, 0.2) is 5.96 Å². The number of imidazole rings is 1. The number of hydrogen-bond donors (Lipinski definition) is 2. The van der Waals surface area contributed by atoms with Gasteiger partial charge < -0.3 is 20.1 Å². The highest BCUT2D eigenvalue weighted by Crippen LogP contribution is 2.35. The van der Waals surface area contributed by atoms with Crippen molar-refractivity contribution in [3.05, 3.63) is 65.9 Å². The van der Waals surface area contributed by atoms with Gasteiger partial charge in [0.25, 0.3) is 0 Å². The van der Waals surface area contributed by atoms with E-state index in [0.717, 1.165) is 47.4 Å². The number of nitrogens with one attached hydrogen (secondary N) is 2. The van der Waals surface area contributed by atoms with Crippen LogP contribution in [0.1, 0.15) is 37.5 Å². The van der Waals surface area contributed by atoms with Crippen LogP contribution in [-0.2, 0) is 19.5 Å². The fourth-order valence-electron chi connectivity index (χ4n) is 3.66. The van der Waals surface area contributed by atoms with Gasteiger partial charge in [-0.1, -0.05) is 6.07 Å². The van der Waals surface area contributed by atoms with Crippen molar-refractivity contribution >= 4 is 5.96 Å². The van der Waals surface area contributed by atoms with Gasteiger partial charge in [0.1, 0.15) is 29.7 Å². The lowest BCUT2D eigenvalue weighted by molar-refractivity contribution is 0.254. The zero-order valence-corrected chi connectivity index (χ0v) is 18.8. The summed E-state index contributed by atoms with van der Waals surface area (Å²) in [7, 11) is 0. The van der Waals surface area contributed by atoms with Crippen LogP contribution in [0.25, 0.3) is 5.82 Å². The maximum atomic E-state index is 5.93. The lowest BCUT2D eigenvalue weighted by Crippen LogP contribution is -2.36. The predicted octanol–water partition coefficient (Wildman–Crippen LogP) is 3.24. The molecule has 4 rings (SSSR count). The fraction of sp³-hybridized carbons (Fsp3) is 0.375. The number of hydrogen-bond acceptors (Lipinski definition) is 5. The Hall–Kier alpha value is -3.55. The highest BCUT2D eigenvalue weighted by atomic mass is 16.5. The van der Waals surface area contributed by atoms with Crippen molar-refractivity contribution in [1.29, 1.82) is 0 Å². The first-order valence-corrected chi connectivity index (χ1v) is 11.1. The zero-order valence-electron chi connectivity index (χ0n) is 18.8. The minimum absolute atomic E-state index is 0.204. The van der Waals surface area contributed by atoms with E-state index in [9.17, 15) is 0 Å². The van der Waals surface area contributed by atoms with E-state index in [4.69, 9.17) is 14.5 Å². The third-order valence-electron chi connectivity index (χ3n) is 5.17. The molecule has 0 fully saturated rings. The van der Waals surface area contributed by atoms with Crippen LogP contribution in [0.2, 0.25) is 0 Å². The molecule has 1 aliphatic rings. The highest BCUT2D eigenvalue weighted by molar-refractivity contribution is 5.79. The second-order valence-corrected chi connectivity index (χ2v) is 7.68. The van der Waals surface area contributed by atoms with Crippen molar-refractivity contribution in [3.8, 4) is 17.3 Å². The summed E-state index contributed by atoms with van der Waals surface area (Å²) in [5.74, 6) is 3.41. The molecular weight excluding hydrogens is 404 g/mol. The number of ether oxygens (including phenoxy) is 2. The largest absolute Gasteiger partial charge is 0.494 e. The Labute approximate surface area is 188 Å².